The minimum absolute atomic E-state index is 0.610. The summed E-state index contributed by atoms with van der Waals surface area (Å²) in [6.07, 6.45) is 4.81. The molecule has 0 fully saturated rings. The monoisotopic (exact) mass is 122 g/mol. The Kier molecular flexibility index (Phi) is 1.68. The molecular formula is C7H10N2. The minimum atomic E-state index is 0.610. The number of hydrogen-bond donors (Lipinski definition) is 1. The minimum Gasteiger partial charge on any atom is -0.399 e. The van der Waals surface area contributed by atoms with E-state index in [1.165, 1.54) is 0 Å². The third-order valence-electron chi connectivity index (χ3n) is 1.22. The van der Waals surface area contributed by atoms with Gasteiger partial charge in [0.25, 0.3) is 0 Å². The van der Waals surface area contributed by atoms with E-state index in [-0.39, 0.29) is 0 Å². The highest BCUT2D eigenvalue weighted by atomic mass is 14.7. The van der Waals surface area contributed by atoms with Crippen molar-refractivity contribution >= 4 is 6.21 Å². The van der Waals surface area contributed by atoms with E-state index in [1.54, 1.807) is 6.21 Å². The van der Waals surface area contributed by atoms with Gasteiger partial charge in [-0.1, -0.05) is 12.7 Å². The molecule has 0 aliphatic carbocycles. The molecule has 0 amide bonds. The SMILES string of the molecule is C=C(N)C1=CCCN=C1. The van der Waals surface area contributed by atoms with Crippen LogP contribution in [0, 0.1) is 0 Å². The predicted molar refractivity (Wildman–Crippen MR) is 39.4 cm³/mol. The number of allylic oxidation sites excluding steroid dienone is 1. The zero-order valence-electron chi connectivity index (χ0n) is 5.30. The summed E-state index contributed by atoms with van der Waals surface area (Å²) in [5.41, 5.74) is 7.00. The summed E-state index contributed by atoms with van der Waals surface area (Å²) in [6.45, 7) is 4.48. The Morgan fingerprint density at radius 3 is 2.89 bits per heavy atom. The summed E-state index contributed by atoms with van der Waals surface area (Å²) in [5, 5.41) is 0. The van der Waals surface area contributed by atoms with Crippen molar-refractivity contribution in [3.05, 3.63) is 23.9 Å². The number of nitrogens with zero attached hydrogens (tertiary/aromatic N) is 1. The maximum absolute atomic E-state index is 5.41. The van der Waals surface area contributed by atoms with Crippen molar-refractivity contribution in [1.82, 2.24) is 0 Å². The Labute approximate surface area is 54.8 Å². The Morgan fingerprint density at radius 2 is 2.56 bits per heavy atom. The van der Waals surface area contributed by atoms with Gasteiger partial charge in [-0.25, -0.2) is 0 Å². The van der Waals surface area contributed by atoms with Gasteiger partial charge in [-0.2, -0.15) is 0 Å². The normalized spacial score (nSPS) is 17.1. The van der Waals surface area contributed by atoms with Crippen molar-refractivity contribution in [2.24, 2.45) is 10.7 Å². The molecule has 1 aliphatic rings. The fourth-order valence-corrected chi connectivity index (χ4v) is 0.724. The average molecular weight is 122 g/mol. The van der Waals surface area contributed by atoms with E-state index in [2.05, 4.69) is 17.6 Å². The molecule has 2 N–H and O–H groups in total. The van der Waals surface area contributed by atoms with Crippen LogP contribution in [0.4, 0.5) is 0 Å². The molecule has 0 spiro atoms. The first-order valence-corrected chi connectivity index (χ1v) is 2.95. The molecule has 0 atom stereocenters. The second kappa shape index (κ2) is 2.49. The van der Waals surface area contributed by atoms with E-state index in [0.717, 1.165) is 18.5 Å². The van der Waals surface area contributed by atoms with Gasteiger partial charge in [0.1, 0.15) is 0 Å². The summed E-state index contributed by atoms with van der Waals surface area (Å²) in [6, 6.07) is 0. The van der Waals surface area contributed by atoms with Crippen molar-refractivity contribution in [2.75, 3.05) is 6.54 Å². The van der Waals surface area contributed by atoms with E-state index in [4.69, 9.17) is 5.73 Å². The Morgan fingerprint density at radius 1 is 1.78 bits per heavy atom. The van der Waals surface area contributed by atoms with Gasteiger partial charge in [0.05, 0.1) is 0 Å². The van der Waals surface area contributed by atoms with Gasteiger partial charge >= 0.3 is 0 Å². The highest BCUT2D eigenvalue weighted by molar-refractivity contribution is 5.84. The summed E-state index contributed by atoms with van der Waals surface area (Å²) in [7, 11) is 0. The summed E-state index contributed by atoms with van der Waals surface area (Å²) in [4.78, 5) is 4.05. The summed E-state index contributed by atoms with van der Waals surface area (Å²) >= 11 is 0. The first-order valence-electron chi connectivity index (χ1n) is 2.95. The lowest BCUT2D eigenvalue weighted by Crippen LogP contribution is -2.03. The fourth-order valence-electron chi connectivity index (χ4n) is 0.724. The second-order valence-electron chi connectivity index (χ2n) is 2.01. The van der Waals surface area contributed by atoms with Gasteiger partial charge < -0.3 is 5.73 Å². The zero-order valence-corrected chi connectivity index (χ0v) is 5.30. The highest BCUT2D eigenvalue weighted by Gasteiger charge is 1.96. The van der Waals surface area contributed by atoms with Crippen LogP contribution in [0.25, 0.3) is 0 Å². The molecule has 0 saturated heterocycles. The van der Waals surface area contributed by atoms with Gasteiger partial charge in [-0.3, -0.25) is 4.99 Å². The molecule has 0 radical (unpaired) electrons. The number of dihydropyridines is 1. The van der Waals surface area contributed by atoms with Crippen LogP contribution in [0.2, 0.25) is 0 Å². The van der Waals surface area contributed by atoms with Gasteiger partial charge in [0.2, 0.25) is 0 Å². The molecule has 1 heterocycles. The maximum Gasteiger partial charge on any atom is 0.0424 e. The first-order chi connectivity index (χ1) is 4.30. The molecule has 0 aromatic carbocycles. The van der Waals surface area contributed by atoms with Crippen LogP contribution in [-0.2, 0) is 0 Å². The molecule has 0 bridgehead atoms. The lowest BCUT2D eigenvalue weighted by Gasteiger charge is -2.03. The highest BCUT2D eigenvalue weighted by Crippen LogP contribution is 2.04. The third-order valence-corrected chi connectivity index (χ3v) is 1.22. The quantitative estimate of drug-likeness (QED) is 0.550. The van der Waals surface area contributed by atoms with Crippen molar-refractivity contribution in [3.8, 4) is 0 Å². The Hall–Kier alpha value is -1.05. The lowest BCUT2D eigenvalue weighted by atomic mass is 10.1. The lowest BCUT2D eigenvalue weighted by molar-refractivity contribution is 0.989. The van der Waals surface area contributed by atoms with Crippen molar-refractivity contribution in [2.45, 2.75) is 6.42 Å². The van der Waals surface area contributed by atoms with Gasteiger partial charge in [-0.15, -0.1) is 0 Å². The fraction of sp³-hybridized carbons (Fsp3) is 0.286. The molecular weight excluding hydrogens is 112 g/mol. The Bertz CT molecular complexity index is 177. The van der Waals surface area contributed by atoms with Crippen LogP contribution >= 0.6 is 0 Å². The zero-order chi connectivity index (χ0) is 6.69. The predicted octanol–water partition coefficient (Wildman–Crippen LogP) is 0.860. The molecule has 0 saturated carbocycles. The topological polar surface area (TPSA) is 38.4 Å². The number of nitrogens with two attached hydrogens (primary N) is 1. The van der Waals surface area contributed by atoms with E-state index >= 15 is 0 Å². The van der Waals surface area contributed by atoms with Gasteiger partial charge in [0, 0.05) is 24.0 Å². The number of hydrogen-bond acceptors (Lipinski definition) is 2. The van der Waals surface area contributed by atoms with Crippen LogP contribution in [0.1, 0.15) is 6.42 Å². The van der Waals surface area contributed by atoms with Gasteiger partial charge in [-0.05, 0) is 6.42 Å². The standard InChI is InChI=1S/C7H10N2/c1-6(8)7-3-2-4-9-5-7/h3,5H,1-2,4,8H2. The first kappa shape index (κ1) is 6.08. The molecule has 1 rings (SSSR count). The van der Waals surface area contributed by atoms with Crippen LogP contribution < -0.4 is 5.73 Å². The maximum atomic E-state index is 5.41. The molecule has 2 heteroatoms. The van der Waals surface area contributed by atoms with E-state index in [9.17, 15) is 0 Å². The smallest absolute Gasteiger partial charge is 0.0424 e. The Balaban J connectivity index is 2.69. The van der Waals surface area contributed by atoms with Gasteiger partial charge in [0.15, 0.2) is 0 Å². The van der Waals surface area contributed by atoms with E-state index in [0.29, 0.717) is 5.70 Å². The third kappa shape index (κ3) is 1.42. The summed E-state index contributed by atoms with van der Waals surface area (Å²) in [5.74, 6) is 0. The van der Waals surface area contributed by atoms with Crippen molar-refractivity contribution in [3.63, 3.8) is 0 Å². The molecule has 2 nitrogen and oxygen atoms in total. The largest absolute Gasteiger partial charge is 0.399 e. The molecule has 0 aromatic heterocycles. The van der Waals surface area contributed by atoms with E-state index in [1.807, 2.05) is 0 Å². The second-order valence-corrected chi connectivity index (χ2v) is 2.01. The van der Waals surface area contributed by atoms with Crippen molar-refractivity contribution < 1.29 is 0 Å². The van der Waals surface area contributed by atoms with Crippen LogP contribution in [0.5, 0.6) is 0 Å². The molecule has 1 aliphatic heterocycles. The molecule has 0 unspecified atom stereocenters. The van der Waals surface area contributed by atoms with Crippen LogP contribution in [0.15, 0.2) is 28.9 Å². The van der Waals surface area contributed by atoms with Crippen LogP contribution in [-0.4, -0.2) is 12.8 Å². The molecule has 0 aromatic rings. The number of rotatable bonds is 1. The molecule has 48 valence electrons. The van der Waals surface area contributed by atoms with Crippen LogP contribution in [0.3, 0.4) is 0 Å². The average Bonchev–Trinajstić information content (AvgIpc) is 1.90. The van der Waals surface area contributed by atoms with Crippen molar-refractivity contribution in [1.29, 1.82) is 0 Å². The number of aliphatic imine (C=N–C) groups is 1. The molecule has 9 heavy (non-hydrogen) atoms. The van der Waals surface area contributed by atoms with E-state index < -0.39 is 0 Å². The summed E-state index contributed by atoms with van der Waals surface area (Å²) < 4.78 is 0.